The van der Waals surface area contributed by atoms with Crippen LogP contribution in [0, 0.1) is 5.92 Å². The van der Waals surface area contributed by atoms with Gasteiger partial charge < -0.3 is 10.8 Å². The van der Waals surface area contributed by atoms with Gasteiger partial charge in [0.2, 0.25) is 11.8 Å². The third-order valence-electron chi connectivity index (χ3n) is 2.80. The standard InChI is InChI=1S/C11H13N3O3/c12-11(17)8-3-10(16)14(5-8)9-2-1-7(6-15)4-13-9/h1-2,4,8,15H,3,5-6H2,(H2,12,17). The number of rotatable bonds is 3. The van der Waals surface area contributed by atoms with Crippen LogP contribution in [0.3, 0.4) is 0 Å². The lowest BCUT2D eigenvalue weighted by molar-refractivity contribution is -0.123. The van der Waals surface area contributed by atoms with Crippen molar-refractivity contribution in [1.29, 1.82) is 0 Å². The SMILES string of the molecule is NC(=O)C1CC(=O)N(c2ccc(CO)cn2)C1. The zero-order valence-electron chi connectivity index (χ0n) is 9.17. The molecule has 1 fully saturated rings. The van der Waals surface area contributed by atoms with Crippen molar-refractivity contribution in [2.45, 2.75) is 13.0 Å². The zero-order valence-corrected chi connectivity index (χ0v) is 9.17. The van der Waals surface area contributed by atoms with Gasteiger partial charge in [0.15, 0.2) is 0 Å². The average Bonchev–Trinajstić information content (AvgIpc) is 2.72. The van der Waals surface area contributed by atoms with Gasteiger partial charge in [-0.3, -0.25) is 14.5 Å². The molecular weight excluding hydrogens is 222 g/mol. The highest BCUT2D eigenvalue weighted by Crippen LogP contribution is 2.23. The lowest BCUT2D eigenvalue weighted by Gasteiger charge is -2.14. The summed E-state index contributed by atoms with van der Waals surface area (Å²) in [5.41, 5.74) is 5.85. The molecule has 1 saturated heterocycles. The fourth-order valence-electron chi connectivity index (χ4n) is 1.79. The van der Waals surface area contributed by atoms with E-state index in [1.54, 1.807) is 12.1 Å². The van der Waals surface area contributed by atoms with Crippen LogP contribution in [0.15, 0.2) is 18.3 Å². The smallest absolute Gasteiger partial charge is 0.229 e. The first-order valence-electron chi connectivity index (χ1n) is 5.27. The highest BCUT2D eigenvalue weighted by molar-refractivity contribution is 5.99. The molecule has 2 rings (SSSR count). The monoisotopic (exact) mass is 235 g/mol. The van der Waals surface area contributed by atoms with Crippen molar-refractivity contribution in [3.05, 3.63) is 23.9 Å². The summed E-state index contributed by atoms with van der Waals surface area (Å²) in [4.78, 5) is 28.2. The Kier molecular flexibility index (Phi) is 3.06. The van der Waals surface area contributed by atoms with Gasteiger partial charge in [0.25, 0.3) is 0 Å². The third-order valence-corrected chi connectivity index (χ3v) is 2.80. The molecule has 3 N–H and O–H groups in total. The Morgan fingerprint density at radius 3 is 2.82 bits per heavy atom. The molecule has 1 aromatic rings. The molecule has 1 unspecified atom stereocenters. The van der Waals surface area contributed by atoms with Gasteiger partial charge >= 0.3 is 0 Å². The molecule has 1 atom stereocenters. The summed E-state index contributed by atoms with van der Waals surface area (Å²) in [6, 6.07) is 3.33. The lowest BCUT2D eigenvalue weighted by atomic mass is 10.1. The van der Waals surface area contributed by atoms with Gasteiger partial charge in [-0.2, -0.15) is 0 Å². The molecule has 6 nitrogen and oxygen atoms in total. The predicted molar refractivity (Wildman–Crippen MR) is 59.8 cm³/mol. The molecule has 2 amide bonds. The quantitative estimate of drug-likeness (QED) is 0.732. The summed E-state index contributed by atoms with van der Waals surface area (Å²) in [5.74, 6) is -0.580. The first-order valence-corrected chi connectivity index (χ1v) is 5.27. The number of hydrogen-bond donors (Lipinski definition) is 2. The molecule has 6 heteroatoms. The molecule has 0 radical (unpaired) electrons. The predicted octanol–water partition coefficient (Wildman–Crippen LogP) is -0.588. The van der Waals surface area contributed by atoms with E-state index in [4.69, 9.17) is 10.8 Å². The number of aromatic nitrogens is 1. The number of hydrogen-bond acceptors (Lipinski definition) is 4. The minimum atomic E-state index is -0.465. The van der Waals surface area contributed by atoms with Gasteiger partial charge in [-0.1, -0.05) is 6.07 Å². The molecule has 0 aliphatic carbocycles. The fourth-order valence-corrected chi connectivity index (χ4v) is 1.79. The first-order chi connectivity index (χ1) is 8.11. The highest BCUT2D eigenvalue weighted by atomic mass is 16.3. The summed E-state index contributed by atoms with van der Waals surface area (Å²) in [6.45, 7) is 0.185. The topological polar surface area (TPSA) is 96.5 Å². The van der Waals surface area contributed by atoms with Gasteiger partial charge in [0.05, 0.1) is 12.5 Å². The molecule has 90 valence electrons. The van der Waals surface area contributed by atoms with Gasteiger partial charge in [-0.15, -0.1) is 0 Å². The minimum absolute atomic E-state index is 0.0921. The molecule has 0 bridgehead atoms. The van der Waals surface area contributed by atoms with Crippen LogP contribution in [0.4, 0.5) is 5.82 Å². The van der Waals surface area contributed by atoms with E-state index < -0.39 is 11.8 Å². The fraction of sp³-hybridized carbons (Fsp3) is 0.364. The molecule has 0 saturated carbocycles. The third kappa shape index (κ3) is 2.26. The molecule has 1 aromatic heterocycles. The highest BCUT2D eigenvalue weighted by Gasteiger charge is 2.34. The van der Waals surface area contributed by atoms with Crippen molar-refractivity contribution in [2.75, 3.05) is 11.4 Å². The molecule has 1 aliphatic heterocycles. The van der Waals surface area contributed by atoms with Crippen LogP contribution in [0.2, 0.25) is 0 Å². The maximum atomic E-state index is 11.7. The lowest BCUT2D eigenvalue weighted by Crippen LogP contribution is -2.28. The second-order valence-electron chi connectivity index (χ2n) is 3.99. The van der Waals surface area contributed by atoms with E-state index in [-0.39, 0.29) is 25.5 Å². The number of carbonyl (C=O) groups excluding carboxylic acids is 2. The number of aliphatic hydroxyl groups excluding tert-OH is 1. The van der Waals surface area contributed by atoms with Gasteiger partial charge in [-0.05, 0) is 11.6 Å². The summed E-state index contributed by atoms with van der Waals surface area (Å²) in [7, 11) is 0. The van der Waals surface area contributed by atoms with Crippen LogP contribution < -0.4 is 10.6 Å². The maximum absolute atomic E-state index is 11.7. The van der Waals surface area contributed by atoms with Crippen LogP contribution in [0.25, 0.3) is 0 Å². The van der Waals surface area contributed by atoms with E-state index >= 15 is 0 Å². The van der Waals surface area contributed by atoms with E-state index in [1.165, 1.54) is 11.1 Å². The number of anilines is 1. The van der Waals surface area contributed by atoms with Gasteiger partial charge in [0.1, 0.15) is 5.82 Å². The Hall–Kier alpha value is -1.95. The Morgan fingerprint density at radius 1 is 1.59 bits per heavy atom. The van der Waals surface area contributed by atoms with Crippen molar-refractivity contribution >= 4 is 17.6 Å². The average molecular weight is 235 g/mol. The second-order valence-corrected chi connectivity index (χ2v) is 3.99. The van der Waals surface area contributed by atoms with Crippen molar-refractivity contribution in [3.63, 3.8) is 0 Å². The van der Waals surface area contributed by atoms with Crippen LogP contribution >= 0.6 is 0 Å². The molecule has 1 aliphatic rings. The molecule has 0 spiro atoms. The largest absolute Gasteiger partial charge is 0.392 e. The van der Waals surface area contributed by atoms with E-state index in [9.17, 15) is 9.59 Å². The summed E-state index contributed by atoms with van der Waals surface area (Å²) in [5, 5.41) is 8.88. The number of primary amides is 1. The van der Waals surface area contributed by atoms with Gasteiger partial charge in [0, 0.05) is 19.2 Å². The number of nitrogens with zero attached hydrogens (tertiary/aromatic N) is 2. The van der Waals surface area contributed by atoms with Crippen LogP contribution in [-0.2, 0) is 16.2 Å². The molecular formula is C11H13N3O3. The minimum Gasteiger partial charge on any atom is -0.392 e. The molecule has 17 heavy (non-hydrogen) atoms. The number of nitrogens with two attached hydrogens (primary N) is 1. The van der Waals surface area contributed by atoms with E-state index in [1.807, 2.05) is 0 Å². The summed E-state index contributed by atoms with van der Waals surface area (Å²) in [6.07, 6.45) is 1.64. The van der Waals surface area contributed by atoms with E-state index in [0.29, 0.717) is 11.4 Å². The summed E-state index contributed by atoms with van der Waals surface area (Å²) < 4.78 is 0. The van der Waals surface area contributed by atoms with Crippen molar-refractivity contribution in [3.8, 4) is 0 Å². The van der Waals surface area contributed by atoms with Crippen LogP contribution in [0.5, 0.6) is 0 Å². The Bertz CT molecular complexity index is 444. The van der Waals surface area contributed by atoms with Crippen molar-refractivity contribution in [2.24, 2.45) is 11.7 Å². The number of amides is 2. The normalized spacial score (nSPS) is 19.7. The second kappa shape index (κ2) is 4.50. The summed E-state index contributed by atoms with van der Waals surface area (Å²) >= 11 is 0. The molecule has 2 heterocycles. The van der Waals surface area contributed by atoms with E-state index in [0.717, 1.165) is 0 Å². The zero-order chi connectivity index (χ0) is 12.4. The number of pyridine rings is 1. The number of aliphatic hydroxyl groups is 1. The Labute approximate surface area is 98.1 Å². The Morgan fingerprint density at radius 2 is 2.35 bits per heavy atom. The van der Waals surface area contributed by atoms with Crippen LogP contribution in [0.1, 0.15) is 12.0 Å². The van der Waals surface area contributed by atoms with Crippen LogP contribution in [-0.4, -0.2) is 28.4 Å². The van der Waals surface area contributed by atoms with E-state index in [2.05, 4.69) is 4.98 Å². The number of carbonyl (C=O) groups is 2. The maximum Gasteiger partial charge on any atom is 0.229 e. The molecule has 0 aromatic carbocycles. The first kappa shape index (κ1) is 11.5. The Balaban J connectivity index is 2.17. The van der Waals surface area contributed by atoms with Gasteiger partial charge in [-0.25, -0.2) is 4.98 Å². The van der Waals surface area contributed by atoms with Crippen molar-refractivity contribution < 1.29 is 14.7 Å². The van der Waals surface area contributed by atoms with Crippen molar-refractivity contribution in [1.82, 2.24) is 4.98 Å².